The first kappa shape index (κ1) is 13.8. The molecule has 0 aliphatic carbocycles. The first-order valence-corrected chi connectivity index (χ1v) is 7.49. The number of rotatable bonds is 2. The highest BCUT2D eigenvalue weighted by Crippen LogP contribution is 2.33. The summed E-state index contributed by atoms with van der Waals surface area (Å²) in [5.74, 6) is 0.740. The van der Waals surface area contributed by atoms with E-state index < -0.39 is 0 Å². The van der Waals surface area contributed by atoms with Crippen LogP contribution in [0.3, 0.4) is 0 Å². The fraction of sp³-hybridized carbons (Fsp3) is 0.235. The summed E-state index contributed by atoms with van der Waals surface area (Å²) < 4.78 is 5.42. The van der Waals surface area contributed by atoms with Gasteiger partial charge in [0.05, 0.1) is 18.8 Å². The molecule has 0 saturated heterocycles. The van der Waals surface area contributed by atoms with Gasteiger partial charge in [-0.15, -0.1) is 0 Å². The zero-order valence-electron chi connectivity index (χ0n) is 12.7. The van der Waals surface area contributed by atoms with Gasteiger partial charge in [-0.25, -0.2) is 4.98 Å². The van der Waals surface area contributed by atoms with Crippen LogP contribution in [0.5, 0.6) is 5.75 Å². The number of H-pyrrole nitrogens is 1. The molecule has 0 spiro atoms. The summed E-state index contributed by atoms with van der Waals surface area (Å²) in [6.07, 6.45) is 5.41. The summed E-state index contributed by atoms with van der Waals surface area (Å²) >= 11 is 0. The SMILES string of the molecule is COc1cccc2c3c([nH]c12)CCN(C(=O)c1cnccn1)C3. The lowest BCUT2D eigenvalue weighted by Gasteiger charge is -2.26. The summed E-state index contributed by atoms with van der Waals surface area (Å²) in [7, 11) is 1.67. The van der Waals surface area contributed by atoms with E-state index >= 15 is 0 Å². The second-order valence-electron chi connectivity index (χ2n) is 5.53. The zero-order chi connectivity index (χ0) is 15.8. The van der Waals surface area contributed by atoms with Crippen LogP contribution in [0, 0.1) is 0 Å². The Bertz CT molecular complexity index is 873. The van der Waals surface area contributed by atoms with Crippen molar-refractivity contribution in [3.05, 3.63) is 53.7 Å². The lowest BCUT2D eigenvalue weighted by Crippen LogP contribution is -2.36. The Morgan fingerprint density at radius 1 is 1.35 bits per heavy atom. The summed E-state index contributed by atoms with van der Waals surface area (Å²) in [5, 5.41) is 1.11. The van der Waals surface area contributed by atoms with E-state index in [4.69, 9.17) is 4.74 Å². The number of carbonyl (C=O) groups is 1. The van der Waals surface area contributed by atoms with Crippen LogP contribution in [0.4, 0.5) is 0 Å². The Hall–Kier alpha value is -2.89. The third-order valence-electron chi connectivity index (χ3n) is 4.26. The van der Waals surface area contributed by atoms with E-state index in [9.17, 15) is 4.79 Å². The molecule has 0 fully saturated rings. The van der Waals surface area contributed by atoms with E-state index in [2.05, 4.69) is 21.0 Å². The van der Waals surface area contributed by atoms with E-state index in [1.807, 2.05) is 17.0 Å². The van der Waals surface area contributed by atoms with Crippen molar-refractivity contribution >= 4 is 16.8 Å². The Kier molecular flexibility index (Phi) is 3.22. The van der Waals surface area contributed by atoms with Gasteiger partial charge in [-0.05, 0) is 6.07 Å². The number of hydrogen-bond donors (Lipinski definition) is 1. The van der Waals surface area contributed by atoms with Crippen molar-refractivity contribution in [1.82, 2.24) is 19.9 Å². The van der Waals surface area contributed by atoms with Gasteiger partial charge in [0.25, 0.3) is 5.91 Å². The Labute approximate surface area is 133 Å². The van der Waals surface area contributed by atoms with Gasteiger partial charge in [0.1, 0.15) is 11.4 Å². The number of ether oxygens (including phenoxy) is 1. The molecule has 23 heavy (non-hydrogen) atoms. The van der Waals surface area contributed by atoms with Gasteiger partial charge >= 0.3 is 0 Å². The van der Waals surface area contributed by atoms with Crippen LogP contribution in [0.2, 0.25) is 0 Å². The van der Waals surface area contributed by atoms with E-state index in [1.165, 1.54) is 11.9 Å². The Morgan fingerprint density at radius 3 is 3.04 bits per heavy atom. The lowest BCUT2D eigenvalue weighted by atomic mass is 10.0. The number of amides is 1. The molecule has 4 rings (SSSR count). The van der Waals surface area contributed by atoms with Crippen LogP contribution >= 0.6 is 0 Å². The molecule has 0 unspecified atom stereocenters. The number of carbonyl (C=O) groups excluding carboxylic acids is 1. The second-order valence-corrected chi connectivity index (χ2v) is 5.53. The van der Waals surface area contributed by atoms with Gasteiger partial charge in [-0.1, -0.05) is 12.1 Å². The quantitative estimate of drug-likeness (QED) is 0.787. The number of para-hydroxylation sites is 1. The third kappa shape index (κ3) is 2.23. The fourth-order valence-corrected chi connectivity index (χ4v) is 3.13. The number of nitrogens with zero attached hydrogens (tertiary/aromatic N) is 3. The van der Waals surface area contributed by atoms with Gasteiger partial charge in [0.2, 0.25) is 0 Å². The van der Waals surface area contributed by atoms with Crippen molar-refractivity contribution in [3.8, 4) is 5.75 Å². The third-order valence-corrected chi connectivity index (χ3v) is 4.26. The molecule has 0 saturated carbocycles. The molecule has 0 atom stereocenters. The smallest absolute Gasteiger partial charge is 0.274 e. The molecule has 3 aromatic rings. The molecule has 1 N–H and O–H groups in total. The van der Waals surface area contributed by atoms with Gasteiger partial charge in [0, 0.05) is 48.5 Å². The molecule has 3 heterocycles. The molecular weight excluding hydrogens is 292 g/mol. The molecule has 6 nitrogen and oxygen atoms in total. The van der Waals surface area contributed by atoms with Crippen molar-refractivity contribution in [2.45, 2.75) is 13.0 Å². The minimum absolute atomic E-state index is 0.0824. The zero-order valence-corrected chi connectivity index (χ0v) is 12.7. The predicted octanol–water partition coefficient (Wildman–Crippen LogP) is 2.17. The number of nitrogens with one attached hydrogen (secondary N) is 1. The highest BCUT2D eigenvalue weighted by molar-refractivity contribution is 5.94. The average molecular weight is 308 g/mol. The van der Waals surface area contributed by atoms with Crippen LogP contribution in [0.15, 0.2) is 36.8 Å². The Morgan fingerprint density at radius 2 is 2.26 bits per heavy atom. The summed E-state index contributed by atoms with van der Waals surface area (Å²) in [6, 6.07) is 5.97. The van der Waals surface area contributed by atoms with E-state index in [0.29, 0.717) is 18.8 Å². The molecule has 1 aromatic carbocycles. The minimum atomic E-state index is -0.0824. The molecule has 116 valence electrons. The Balaban J connectivity index is 1.71. The largest absolute Gasteiger partial charge is 0.495 e. The maximum absolute atomic E-state index is 12.6. The topological polar surface area (TPSA) is 71.1 Å². The minimum Gasteiger partial charge on any atom is -0.495 e. The van der Waals surface area contributed by atoms with Crippen molar-refractivity contribution < 1.29 is 9.53 Å². The predicted molar refractivity (Wildman–Crippen MR) is 85.3 cm³/mol. The summed E-state index contributed by atoms with van der Waals surface area (Å²) in [6.45, 7) is 1.23. The first-order valence-electron chi connectivity index (χ1n) is 7.49. The second kappa shape index (κ2) is 5.39. The number of benzene rings is 1. The number of methoxy groups -OCH3 is 1. The molecule has 1 aliphatic rings. The van der Waals surface area contributed by atoms with Crippen molar-refractivity contribution in [2.75, 3.05) is 13.7 Å². The number of fused-ring (bicyclic) bond motifs is 3. The molecule has 2 aromatic heterocycles. The van der Waals surface area contributed by atoms with Crippen molar-refractivity contribution in [1.29, 1.82) is 0 Å². The fourth-order valence-electron chi connectivity index (χ4n) is 3.13. The molecule has 0 radical (unpaired) electrons. The maximum atomic E-state index is 12.6. The van der Waals surface area contributed by atoms with Crippen molar-refractivity contribution in [3.63, 3.8) is 0 Å². The van der Waals surface area contributed by atoms with Crippen LogP contribution in [-0.4, -0.2) is 39.4 Å². The lowest BCUT2D eigenvalue weighted by molar-refractivity contribution is 0.0728. The van der Waals surface area contributed by atoms with Crippen LogP contribution in [-0.2, 0) is 13.0 Å². The van der Waals surface area contributed by atoms with Crippen molar-refractivity contribution in [2.24, 2.45) is 0 Å². The van der Waals surface area contributed by atoms with Crippen LogP contribution in [0.1, 0.15) is 21.7 Å². The normalized spacial score (nSPS) is 13.9. The maximum Gasteiger partial charge on any atom is 0.274 e. The highest BCUT2D eigenvalue weighted by Gasteiger charge is 2.26. The van der Waals surface area contributed by atoms with Crippen LogP contribution < -0.4 is 4.74 Å². The van der Waals surface area contributed by atoms with Gasteiger partial charge in [0.15, 0.2) is 0 Å². The average Bonchev–Trinajstić information content (AvgIpc) is 2.99. The number of aromatic nitrogens is 3. The molecular formula is C17H16N4O2. The summed E-state index contributed by atoms with van der Waals surface area (Å²) in [5.41, 5.74) is 3.71. The van der Waals surface area contributed by atoms with E-state index in [1.54, 1.807) is 19.5 Å². The van der Waals surface area contributed by atoms with E-state index in [-0.39, 0.29) is 5.91 Å². The van der Waals surface area contributed by atoms with Crippen LogP contribution in [0.25, 0.3) is 10.9 Å². The van der Waals surface area contributed by atoms with E-state index in [0.717, 1.165) is 28.6 Å². The number of hydrogen-bond acceptors (Lipinski definition) is 4. The molecule has 6 heteroatoms. The summed E-state index contributed by atoms with van der Waals surface area (Å²) in [4.78, 5) is 25.9. The molecule has 1 amide bonds. The van der Waals surface area contributed by atoms with Gasteiger partial charge < -0.3 is 14.6 Å². The standard InChI is InChI=1S/C17H16N4O2/c1-23-15-4-2-3-11-12-10-21(8-5-13(12)20-16(11)15)17(22)14-9-18-6-7-19-14/h2-4,6-7,9,20H,5,8,10H2,1H3. The molecule has 1 aliphatic heterocycles. The molecule has 0 bridgehead atoms. The highest BCUT2D eigenvalue weighted by atomic mass is 16.5. The van der Waals surface area contributed by atoms with Gasteiger partial charge in [-0.2, -0.15) is 0 Å². The number of aromatic amines is 1. The monoisotopic (exact) mass is 308 g/mol. The van der Waals surface area contributed by atoms with Gasteiger partial charge in [-0.3, -0.25) is 9.78 Å². The first-order chi connectivity index (χ1) is 11.3.